The van der Waals surface area contributed by atoms with Gasteiger partial charge in [0.05, 0.1) is 24.7 Å². The second-order valence-electron chi connectivity index (χ2n) is 9.15. The van der Waals surface area contributed by atoms with Crippen molar-refractivity contribution in [2.45, 2.75) is 25.7 Å². The topological polar surface area (TPSA) is 111 Å². The van der Waals surface area contributed by atoms with E-state index in [1.165, 1.54) is 26.4 Å². The van der Waals surface area contributed by atoms with Crippen molar-refractivity contribution < 1.29 is 24.0 Å². The summed E-state index contributed by atoms with van der Waals surface area (Å²) in [4.78, 5) is 38.4. The molecule has 3 aromatic rings. The summed E-state index contributed by atoms with van der Waals surface area (Å²) in [6.45, 7) is 2.91. The van der Waals surface area contributed by atoms with Gasteiger partial charge in [0.1, 0.15) is 0 Å². The van der Waals surface area contributed by atoms with Gasteiger partial charge in [-0.2, -0.15) is 0 Å². The van der Waals surface area contributed by atoms with E-state index in [0.717, 1.165) is 24.0 Å². The third-order valence-electron chi connectivity index (χ3n) is 6.63. The van der Waals surface area contributed by atoms with Crippen molar-refractivity contribution in [1.82, 2.24) is 4.90 Å². The van der Waals surface area contributed by atoms with Crippen LogP contribution in [0.15, 0.2) is 54.6 Å². The van der Waals surface area contributed by atoms with E-state index in [1.54, 1.807) is 23.1 Å². The van der Waals surface area contributed by atoms with Crippen LogP contribution in [0.2, 0.25) is 5.02 Å². The SMILES string of the molecule is COc1cc(C(=O)N2CCC(c3ccc(NC(=O)c4cc(C)cc(Cl)c4)cc3)CC2)cc([N+](=O)[O-])c1OC. The summed E-state index contributed by atoms with van der Waals surface area (Å²) in [5, 5.41) is 14.9. The first-order chi connectivity index (χ1) is 18.2. The normalized spacial score (nSPS) is 13.6. The van der Waals surface area contributed by atoms with Crippen molar-refractivity contribution in [3.05, 3.63) is 92.0 Å². The number of hydrogen-bond donors (Lipinski definition) is 1. The van der Waals surface area contributed by atoms with Crippen LogP contribution >= 0.6 is 11.6 Å². The predicted molar refractivity (Wildman–Crippen MR) is 145 cm³/mol. The standard InChI is InChI=1S/C28H28ClN3O6/c1-17-12-20(14-22(29)13-17)27(33)30-23-6-4-18(5-7-23)19-8-10-31(11-9-19)28(34)21-15-24(32(35)36)26(38-3)25(16-21)37-2/h4-7,12-16,19H,8-11H2,1-3H3,(H,30,33). The summed E-state index contributed by atoms with van der Waals surface area (Å²) < 4.78 is 10.3. The fourth-order valence-electron chi connectivity index (χ4n) is 4.71. The second kappa shape index (κ2) is 11.5. The lowest BCUT2D eigenvalue weighted by Gasteiger charge is -2.32. The van der Waals surface area contributed by atoms with Crippen LogP contribution in [0.5, 0.6) is 11.5 Å². The number of anilines is 1. The molecule has 1 aliphatic heterocycles. The summed E-state index contributed by atoms with van der Waals surface area (Å²) in [6.07, 6.45) is 1.49. The lowest BCUT2D eigenvalue weighted by Crippen LogP contribution is -2.38. The molecule has 1 aliphatic rings. The van der Waals surface area contributed by atoms with E-state index in [9.17, 15) is 19.7 Å². The Kier molecular flexibility index (Phi) is 8.16. The van der Waals surface area contributed by atoms with Gasteiger partial charge in [0.25, 0.3) is 11.8 Å². The van der Waals surface area contributed by atoms with E-state index in [0.29, 0.717) is 29.4 Å². The summed E-state index contributed by atoms with van der Waals surface area (Å²) in [5.74, 6) is -0.154. The number of nitrogens with zero attached hydrogens (tertiary/aromatic N) is 2. The van der Waals surface area contributed by atoms with E-state index >= 15 is 0 Å². The maximum absolute atomic E-state index is 13.2. The number of halogens is 1. The van der Waals surface area contributed by atoms with Crippen molar-refractivity contribution in [2.24, 2.45) is 0 Å². The van der Waals surface area contributed by atoms with Gasteiger partial charge in [-0.25, -0.2) is 0 Å². The number of nitro groups is 1. The number of amides is 2. The Balaban J connectivity index is 1.39. The molecule has 1 N–H and O–H groups in total. The molecule has 38 heavy (non-hydrogen) atoms. The summed E-state index contributed by atoms with van der Waals surface area (Å²) in [5.41, 5.74) is 3.07. The van der Waals surface area contributed by atoms with Crippen molar-refractivity contribution in [2.75, 3.05) is 32.6 Å². The molecule has 0 atom stereocenters. The number of ether oxygens (including phenoxy) is 2. The maximum Gasteiger partial charge on any atom is 0.315 e. The third-order valence-corrected chi connectivity index (χ3v) is 6.85. The lowest BCUT2D eigenvalue weighted by molar-refractivity contribution is -0.385. The molecule has 1 saturated heterocycles. The monoisotopic (exact) mass is 537 g/mol. The first-order valence-electron chi connectivity index (χ1n) is 12.1. The van der Waals surface area contributed by atoms with Gasteiger partial charge in [-0.15, -0.1) is 0 Å². The Morgan fingerprint density at radius 3 is 2.26 bits per heavy atom. The zero-order valence-corrected chi connectivity index (χ0v) is 22.1. The second-order valence-corrected chi connectivity index (χ2v) is 9.58. The molecule has 0 saturated carbocycles. The average molecular weight is 538 g/mol. The molecule has 198 valence electrons. The number of methoxy groups -OCH3 is 2. The van der Waals surface area contributed by atoms with Crippen molar-refractivity contribution in [1.29, 1.82) is 0 Å². The molecular weight excluding hydrogens is 510 g/mol. The highest BCUT2D eigenvalue weighted by Crippen LogP contribution is 2.39. The number of carbonyl (C=O) groups is 2. The van der Waals surface area contributed by atoms with Crippen LogP contribution in [0.4, 0.5) is 11.4 Å². The summed E-state index contributed by atoms with van der Waals surface area (Å²) >= 11 is 6.07. The fourth-order valence-corrected chi connectivity index (χ4v) is 5.00. The minimum atomic E-state index is -0.591. The quantitative estimate of drug-likeness (QED) is 0.299. The molecule has 1 heterocycles. The van der Waals surface area contributed by atoms with Crippen LogP contribution in [0, 0.1) is 17.0 Å². The number of hydrogen-bond acceptors (Lipinski definition) is 6. The molecule has 4 rings (SSSR count). The number of nitrogens with one attached hydrogen (secondary N) is 1. The molecular formula is C28H28ClN3O6. The molecule has 2 amide bonds. The number of likely N-dealkylation sites (tertiary alicyclic amines) is 1. The van der Waals surface area contributed by atoms with E-state index in [-0.39, 0.29) is 40.5 Å². The molecule has 1 fully saturated rings. The van der Waals surface area contributed by atoms with Crippen molar-refractivity contribution in [3.8, 4) is 11.5 Å². The van der Waals surface area contributed by atoms with Gasteiger partial charge >= 0.3 is 5.69 Å². The Morgan fingerprint density at radius 1 is 1.00 bits per heavy atom. The maximum atomic E-state index is 13.2. The smallest absolute Gasteiger partial charge is 0.315 e. The largest absolute Gasteiger partial charge is 0.493 e. The fraction of sp³-hybridized carbons (Fsp3) is 0.286. The van der Waals surface area contributed by atoms with Gasteiger partial charge in [-0.1, -0.05) is 23.7 Å². The summed E-state index contributed by atoms with van der Waals surface area (Å²) in [7, 11) is 2.69. The molecule has 0 aromatic heterocycles. The van der Waals surface area contributed by atoms with Gasteiger partial charge in [0, 0.05) is 35.4 Å². The number of nitro benzene ring substituents is 1. The third kappa shape index (κ3) is 5.89. The Bertz CT molecular complexity index is 1350. The predicted octanol–water partition coefficient (Wildman–Crippen LogP) is 5.85. The van der Waals surface area contributed by atoms with E-state index < -0.39 is 4.92 Å². The Labute approximate surface area is 225 Å². The first-order valence-corrected chi connectivity index (χ1v) is 12.5. The number of aryl methyl sites for hydroxylation is 1. The molecule has 9 nitrogen and oxygen atoms in total. The minimum Gasteiger partial charge on any atom is -0.493 e. The van der Waals surface area contributed by atoms with Crippen molar-refractivity contribution in [3.63, 3.8) is 0 Å². The van der Waals surface area contributed by atoms with Gasteiger partial charge < -0.3 is 19.7 Å². The Hall–Kier alpha value is -4.11. The van der Waals surface area contributed by atoms with Gasteiger partial charge in [-0.3, -0.25) is 19.7 Å². The molecule has 0 spiro atoms. The van der Waals surface area contributed by atoms with Crippen LogP contribution < -0.4 is 14.8 Å². The zero-order valence-electron chi connectivity index (χ0n) is 21.3. The van der Waals surface area contributed by atoms with Crippen LogP contribution in [-0.4, -0.2) is 48.9 Å². The van der Waals surface area contributed by atoms with Crippen LogP contribution in [0.1, 0.15) is 50.6 Å². The van der Waals surface area contributed by atoms with Gasteiger partial charge in [0.2, 0.25) is 5.75 Å². The number of piperidine rings is 1. The van der Waals surface area contributed by atoms with Crippen LogP contribution in [0.3, 0.4) is 0 Å². The van der Waals surface area contributed by atoms with Crippen LogP contribution in [0.25, 0.3) is 0 Å². The number of rotatable bonds is 7. The molecule has 0 bridgehead atoms. The molecule has 10 heteroatoms. The highest BCUT2D eigenvalue weighted by atomic mass is 35.5. The highest BCUT2D eigenvalue weighted by molar-refractivity contribution is 6.31. The average Bonchev–Trinajstić information content (AvgIpc) is 2.91. The summed E-state index contributed by atoms with van der Waals surface area (Å²) in [6, 6.07) is 15.6. The van der Waals surface area contributed by atoms with Gasteiger partial charge in [0.15, 0.2) is 5.75 Å². The molecule has 3 aromatic carbocycles. The van der Waals surface area contributed by atoms with E-state index in [1.807, 2.05) is 31.2 Å². The molecule has 0 radical (unpaired) electrons. The number of benzene rings is 3. The van der Waals surface area contributed by atoms with E-state index in [2.05, 4.69) is 5.32 Å². The minimum absolute atomic E-state index is 0.0184. The number of carbonyl (C=O) groups excluding carboxylic acids is 2. The van der Waals surface area contributed by atoms with Crippen LogP contribution in [-0.2, 0) is 0 Å². The molecule has 0 aliphatic carbocycles. The van der Waals surface area contributed by atoms with Crippen molar-refractivity contribution >= 4 is 34.8 Å². The lowest BCUT2D eigenvalue weighted by atomic mass is 9.89. The van der Waals surface area contributed by atoms with E-state index in [4.69, 9.17) is 21.1 Å². The highest BCUT2D eigenvalue weighted by Gasteiger charge is 2.29. The Morgan fingerprint density at radius 2 is 1.68 bits per heavy atom. The first kappa shape index (κ1) is 26.9. The van der Waals surface area contributed by atoms with Gasteiger partial charge in [-0.05, 0) is 73.2 Å². The zero-order chi connectivity index (χ0) is 27.4. The molecule has 0 unspecified atom stereocenters.